The van der Waals surface area contributed by atoms with Gasteiger partial charge in [0.1, 0.15) is 0 Å². The van der Waals surface area contributed by atoms with Crippen molar-refractivity contribution in [1.82, 2.24) is 0 Å². The highest BCUT2D eigenvalue weighted by Gasteiger charge is 2.14. The van der Waals surface area contributed by atoms with E-state index in [0.29, 0.717) is 0 Å². The van der Waals surface area contributed by atoms with E-state index < -0.39 is 0 Å². The first-order valence-corrected chi connectivity index (χ1v) is 9.82. The van der Waals surface area contributed by atoms with Crippen molar-refractivity contribution in [3.8, 4) is 0 Å². The molecule has 0 saturated carbocycles. The number of rotatable bonds is 7. The van der Waals surface area contributed by atoms with E-state index >= 15 is 0 Å². The third kappa shape index (κ3) is 5.68. The summed E-state index contributed by atoms with van der Waals surface area (Å²) >= 11 is 2.74. The number of hydrogen-bond acceptors (Lipinski definition) is 0. The Labute approximate surface area is 91.8 Å². The van der Waals surface area contributed by atoms with Gasteiger partial charge in [-0.2, -0.15) is 7.20 Å². The van der Waals surface area contributed by atoms with Gasteiger partial charge in [0.2, 0.25) is 0 Å². The van der Waals surface area contributed by atoms with Gasteiger partial charge in [0.05, 0.1) is 0 Å². The third-order valence-electron chi connectivity index (χ3n) is 2.40. The molecule has 2 heteroatoms. The predicted molar refractivity (Wildman–Crippen MR) is 71.7 cm³/mol. The van der Waals surface area contributed by atoms with Gasteiger partial charge in [-0.05, 0) is 44.9 Å². The average molecular weight is 302 g/mol. The van der Waals surface area contributed by atoms with Crippen LogP contribution in [0.25, 0.3) is 0 Å². The lowest BCUT2D eigenvalue weighted by molar-refractivity contribution is 0.705. The number of halogens is 1. The topological polar surface area (TPSA) is 0 Å². The first-order chi connectivity index (χ1) is 5.68. The van der Waals surface area contributed by atoms with Crippen LogP contribution in [0.1, 0.15) is 46.5 Å². The van der Waals surface area contributed by atoms with Crippen molar-refractivity contribution in [2.45, 2.75) is 46.5 Å². The zero-order valence-corrected chi connectivity index (χ0v) is 11.7. The molecular weight excluding hydrogens is 279 g/mol. The first-order valence-electron chi connectivity index (χ1n) is 5.14. The van der Waals surface area contributed by atoms with Crippen molar-refractivity contribution < 1.29 is 0 Å². The minimum absolute atomic E-state index is 0.225. The average Bonchev–Trinajstić information content (AvgIpc) is 2.12. The molecule has 0 amide bonds. The smallest absolute Gasteiger partial charge is 0.0144 e. The molecule has 12 heavy (non-hydrogen) atoms. The third-order valence-corrected chi connectivity index (χ3v) is 10.5. The molecule has 0 aliphatic heterocycles. The van der Waals surface area contributed by atoms with Gasteiger partial charge in [-0.15, -0.1) is 0 Å². The van der Waals surface area contributed by atoms with E-state index in [1.807, 2.05) is 0 Å². The highest BCUT2D eigenvalue weighted by molar-refractivity contribution is 14.2. The molecule has 0 aromatic rings. The maximum atomic E-state index is 2.74. The van der Waals surface area contributed by atoms with Crippen LogP contribution in [0.5, 0.6) is 0 Å². The van der Waals surface area contributed by atoms with Crippen LogP contribution in [0.15, 0.2) is 0 Å². The second-order valence-corrected chi connectivity index (χ2v) is 12.3. The lowest BCUT2D eigenvalue weighted by Gasteiger charge is -2.30. The molecule has 0 nitrogen and oxygen atoms in total. The summed E-state index contributed by atoms with van der Waals surface area (Å²) in [6.45, 7) is 6.99. The Bertz CT molecular complexity index is 100. The van der Waals surface area contributed by atoms with Crippen LogP contribution < -0.4 is 0 Å². The van der Waals surface area contributed by atoms with Crippen LogP contribution in [0.4, 0.5) is 0 Å². The van der Waals surface area contributed by atoms with E-state index in [2.05, 4.69) is 42.0 Å². The molecule has 0 rings (SSSR count). The van der Waals surface area contributed by atoms with Gasteiger partial charge in [0, 0.05) is 0 Å². The van der Waals surface area contributed by atoms with E-state index in [1.54, 1.807) is 0 Å². The Morgan fingerprint density at radius 1 is 0.917 bits per heavy atom. The second-order valence-electron chi connectivity index (χ2n) is 3.28. The van der Waals surface area contributed by atoms with Crippen molar-refractivity contribution >= 4 is 28.4 Å². The summed E-state index contributed by atoms with van der Waals surface area (Å²) < 4.78 is 0. The van der Waals surface area contributed by atoms with Crippen LogP contribution in [-0.2, 0) is 0 Å². The van der Waals surface area contributed by atoms with Crippen LogP contribution >= 0.6 is 28.4 Å². The minimum atomic E-state index is -0.225. The van der Waals surface area contributed by atoms with Crippen molar-refractivity contribution in [3.63, 3.8) is 0 Å². The SMILES string of the molecule is CCCCCCS(I)(CC)CC. The van der Waals surface area contributed by atoms with Crippen LogP contribution in [-0.4, -0.2) is 17.3 Å². The molecule has 0 fully saturated rings. The Balaban J connectivity index is 3.45. The predicted octanol–water partition coefficient (Wildman–Crippen LogP) is 4.76. The quantitative estimate of drug-likeness (QED) is 0.470. The van der Waals surface area contributed by atoms with Gasteiger partial charge in [-0.1, -0.05) is 40.0 Å². The van der Waals surface area contributed by atoms with Crippen LogP contribution in [0.2, 0.25) is 0 Å². The van der Waals surface area contributed by atoms with Crippen molar-refractivity contribution in [3.05, 3.63) is 0 Å². The number of unbranched alkanes of at least 4 members (excludes halogenated alkanes) is 3. The van der Waals surface area contributed by atoms with Crippen LogP contribution in [0, 0.1) is 0 Å². The van der Waals surface area contributed by atoms with Crippen LogP contribution in [0.3, 0.4) is 0 Å². The maximum absolute atomic E-state index is 2.74. The summed E-state index contributed by atoms with van der Waals surface area (Å²) in [4.78, 5) is 0. The summed E-state index contributed by atoms with van der Waals surface area (Å²) in [7, 11) is -0.225. The molecule has 0 aliphatic carbocycles. The van der Waals surface area contributed by atoms with Gasteiger partial charge >= 0.3 is 0 Å². The molecule has 0 aromatic heterocycles. The maximum Gasteiger partial charge on any atom is -0.0144 e. The van der Waals surface area contributed by atoms with Gasteiger partial charge in [-0.3, -0.25) is 0 Å². The second kappa shape index (κ2) is 7.48. The molecular formula is C10H23IS. The fourth-order valence-electron chi connectivity index (χ4n) is 1.28. The fourth-order valence-corrected chi connectivity index (χ4v) is 3.92. The van der Waals surface area contributed by atoms with Gasteiger partial charge in [-0.25, -0.2) is 0 Å². The van der Waals surface area contributed by atoms with Gasteiger partial charge in [0.25, 0.3) is 0 Å². The van der Waals surface area contributed by atoms with E-state index in [1.165, 1.54) is 42.9 Å². The summed E-state index contributed by atoms with van der Waals surface area (Å²) in [5, 5.41) is 0. The molecule has 76 valence electrons. The zero-order chi connectivity index (χ0) is 9.45. The summed E-state index contributed by atoms with van der Waals surface area (Å²) in [5.41, 5.74) is 0. The highest BCUT2D eigenvalue weighted by Crippen LogP contribution is 2.56. The lowest BCUT2D eigenvalue weighted by atomic mass is 10.2. The molecule has 0 aliphatic rings. The largest absolute Gasteiger partial charge is 0.188 e. The number of hydrogen-bond donors (Lipinski definition) is 0. The molecule has 0 aromatic carbocycles. The zero-order valence-electron chi connectivity index (χ0n) is 8.74. The van der Waals surface area contributed by atoms with Gasteiger partial charge in [0.15, 0.2) is 0 Å². The molecule has 0 spiro atoms. The molecule has 0 unspecified atom stereocenters. The van der Waals surface area contributed by atoms with Crippen molar-refractivity contribution in [2.75, 3.05) is 17.3 Å². The Morgan fingerprint density at radius 2 is 1.50 bits per heavy atom. The molecule has 0 atom stereocenters. The minimum Gasteiger partial charge on any atom is -0.188 e. The monoisotopic (exact) mass is 302 g/mol. The molecule has 0 heterocycles. The Kier molecular flexibility index (Phi) is 8.15. The van der Waals surface area contributed by atoms with Gasteiger partial charge < -0.3 is 0 Å². The summed E-state index contributed by atoms with van der Waals surface area (Å²) in [6.07, 6.45) is 5.71. The summed E-state index contributed by atoms with van der Waals surface area (Å²) in [5.74, 6) is 4.33. The normalized spacial score (nSPS) is 13.3. The molecule has 0 bridgehead atoms. The Morgan fingerprint density at radius 3 is 1.92 bits per heavy atom. The fraction of sp³-hybridized carbons (Fsp3) is 1.00. The van der Waals surface area contributed by atoms with E-state index in [4.69, 9.17) is 0 Å². The van der Waals surface area contributed by atoms with E-state index in [0.717, 1.165) is 0 Å². The first kappa shape index (κ1) is 13.1. The Hall–Kier alpha value is 1.08. The molecule has 0 N–H and O–H groups in total. The molecule has 0 saturated heterocycles. The van der Waals surface area contributed by atoms with Crippen molar-refractivity contribution in [1.29, 1.82) is 0 Å². The van der Waals surface area contributed by atoms with E-state index in [-0.39, 0.29) is 7.20 Å². The van der Waals surface area contributed by atoms with E-state index in [9.17, 15) is 0 Å². The summed E-state index contributed by atoms with van der Waals surface area (Å²) in [6, 6.07) is 0. The standard InChI is InChI=1S/C10H23IS/c1-4-7-8-9-10-12(11,5-2)6-3/h4-10H2,1-3H3. The molecule has 0 radical (unpaired) electrons. The lowest BCUT2D eigenvalue weighted by Crippen LogP contribution is -2.02. The highest BCUT2D eigenvalue weighted by atomic mass is 127. The van der Waals surface area contributed by atoms with Crippen molar-refractivity contribution in [2.24, 2.45) is 0 Å².